The molecule has 0 saturated carbocycles. The standard InChI is InChI=1S/C15H17N3O/c1-9-7-12(16)8-10(2)14(9)18-15(19)13-5-4-6-17-11(13)3/h4-8H,16H2,1-3H3,(H,18,19). The molecule has 1 aromatic heterocycles. The molecule has 3 N–H and O–H groups in total. The first-order chi connectivity index (χ1) is 8.99. The van der Waals surface area contributed by atoms with E-state index in [-0.39, 0.29) is 5.91 Å². The van der Waals surface area contributed by atoms with Crippen molar-refractivity contribution in [1.82, 2.24) is 4.98 Å². The number of carbonyl (C=O) groups excluding carboxylic acids is 1. The summed E-state index contributed by atoms with van der Waals surface area (Å²) in [7, 11) is 0. The van der Waals surface area contributed by atoms with E-state index in [1.807, 2.05) is 32.9 Å². The largest absolute Gasteiger partial charge is 0.399 e. The number of amides is 1. The maximum Gasteiger partial charge on any atom is 0.257 e. The number of carbonyl (C=O) groups is 1. The van der Waals surface area contributed by atoms with Crippen LogP contribution >= 0.6 is 0 Å². The fraction of sp³-hybridized carbons (Fsp3) is 0.200. The van der Waals surface area contributed by atoms with Crippen molar-refractivity contribution >= 4 is 17.3 Å². The lowest BCUT2D eigenvalue weighted by atomic mass is 10.1. The third-order valence-corrected chi connectivity index (χ3v) is 3.05. The summed E-state index contributed by atoms with van der Waals surface area (Å²) in [6, 6.07) is 7.21. The van der Waals surface area contributed by atoms with E-state index >= 15 is 0 Å². The smallest absolute Gasteiger partial charge is 0.257 e. The van der Waals surface area contributed by atoms with Gasteiger partial charge in [-0.05, 0) is 56.2 Å². The molecule has 1 heterocycles. The van der Waals surface area contributed by atoms with Gasteiger partial charge in [-0.2, -0.15) is 0 Å². The maximum atomic E-state index is 12.2. The van der Waals surface area contributed by atoms with Crippen LogP contribution in [0.15, 0.2) is 30.5 Å². The normalized spacial score (nSPS) is 10.3. The first kappa shape index (κ1) is 13.1. The molecule has 19 heavy (non-hydrogen) atoms. The summed E-state index contributed by atoms with van der Waals surface area (Å²) in [6.45, 7) is 5.67. The number of anilines is 2. The molecule has 0 spiro atoms. The predicted octanol–water partition coefficient (Wildman–Crippen LogP) is 2.84. The van der Waals surface area contributed by atoms with Gasteiger partial charge in [0, 0.05) is 23.3 Å². The van der Waals surface area contributed by atoms with Gasteiger partial charge >= 0.3 is 0 Å². The minimum absolute atomic E-state index is 0.151. The van der Waals surface area contributed by atoms with Crippen molar-refractivity contribution in [3.8, 4) is 0 Å². The van der Waals surface area contributed by atoms with Gasteiger partial charge in [-0.15, -0.1) is 0 Å². The molecule has 0 saturated heterocycles. The summed E-state index contributed by atoms with van der Waals surface area (Å²) in [5.74, 6) is -0.151. The Morgan fingerprint density at radius 3 is 2.42 bits per heavy atom. The molecular formula is C15H17N3O. The van der Waals surface area contributed by atoms with E-state index < -0.39 is 0 Å². The Kier molecular flexibility index (Phi) is 3.51. The van der Waals surface area contributed by atoms with Crippen molar-refractivity contribution in [2.75, 3.05) is 11.1 Å². The highest BCUT2D eigenvalue weighted by atomic mass is 16.1. The number of nitrogen functional groups attached to an aromatic ring is 1. The molecule has 98 valence electrons. The lowest BCUT2D eigenvalue weighted by Gasteiger charge is -2.13. The van der Waals surface area contributed by atoms with Crippen LogP contribution in [-0.2, 0) is 0 Å². The van der Waals surface area contributed by atoms with E-state index in [1.54, 1.807) is 18.3 Å². The van der Waals surface area contributed by atoms with Crippen LogP contribution in [0.5, 0.6) is 0 Å². The van der Waals surface area contributed by atoms with Gasteiger partial charge in [0.15, 0.2) is 0 Å². The number of nitrogens with one attached hydrogen (secondary N) is 1. The number of benzene rings is 1. The third kappa shape index (κ3) is 2.73. The lowest BCUT2D eigenvalue weighted by molar-refractivity contribution is 0.102. The van der Waals surface area contributed by atoms with Gasteiger partial charge in [0.1, 0.15) is 0 Å². The van der Waals surface area contributed by atoms with Gasteiger partial charge in [-0.25, -0.2) is 0 Å². The summed E-state index contributed by atoms with van der Waals surface area (Å²) in [6.07, 6.45) is 1.67. The Morgan fingerprint density at radius 1 is 1.21 bits per heavy atom. The molecule has 2 aromatic rings. The van der Waals surface area contributed by atoms with Crippen LogP contribution in [0, 0.1) is 20.8 Å². The highest BCUT2D eigenvalue weighted by Gasteiger charge is 2.12. The monoisotopic (exact) mass is 255 g/mol. The Morgan fingerprint density at radius 2 is 1.84 bits per heavy atom. The molecule has 4 heteroatoms. The third-order valence-electron chi connectivity index (χ3n) is 3.05. The second-order valence-corrected chi connectivity index (χ2v) is 4.62. The summed E-state index contributed by atoms with van der Waals surface area (Å²) in [5.41, 5.74) is 10.5. The van der Waals surface area contributed by atoms with E-state index in [9.17, 15) is 4.79 Å². The van der Waals surface area contributed by atoms with E-state index in [0.717, 1.165) is 16.8 Å². The average Bonchev–Trinajstić information content (AvgIpc) is 2.34. The van der Waals surface area contributed by atoms with Gasteiger partial charge in [-0.3, -0.25) is 9.78 Å². The summed E-state index contributed by atoms with van der Waals surface area (Å²) < 4.78 is 0. The van der Waals surface area contributed by atoms with E-state index in [0.29, 0.717) is 16.9 Å². The molecule has 0 aliphatic carbocycles. The van der Waals surface area contributed by atoms with Crippen LogP contribution < -0.4 is 11.1 Å². The van der Waals surface area contributed by atoms with E-state index in [2.05, 4.69) is 10.3 Å². The first-order valence-corrected chi connectivity index (χ1v) is 6.08. The zero-order valence-corrected chi connectivity index (χ0v) is 11.3. The van der Waals surface area contributed by atoms with Crippen molar-refractivity contribution in [1.29, 1.82) is 0 Å². The molecule has 0 radical (unpaired) electrons. The van der Waals surface area contributed by atoms with Crippen molar-refractivity contribution < 1.29 is 4.79 Å². The molecule has 2 rings (SSSR count). The van der Waals surface area contributed by atoms with Crippen LogP contribution in [0.3, 0.4) is 0 Å². The average molecular weight is 255 g/mol. The van der Waals surface area contributed by atoms with Gasteiger partial charge < -0.3 is 11.1 Å². The van der Waals surface area contributed by atoms with Gasteiger partial charge in [-0.1, -0.05) is 0 Å². The first-order valence-electron chi connectivity index (χ1n) is 6.08. The number of hydrogen-bond donors (Lipinski definition) is 2. The predicted molar refractivity (Wildman–Crippen MR) is 77.3 cm³/mol. The molecule has 0 bridgehead atoms. The molecule has 0 atom stereocenters. The number of pyridine rings is 1. The number of nitrogens with two attached hydrogens (primary N) is 1. The highest BCUT2D eigenvalue weighted by molar-refractivity contribution is 6.05. The van der Waals surface area contributed by atoms with Gasteiger partial charge in [0.05, 0.1) is 5.56 Å². The fourth-order valence-corrected chi connectivity index (χ4v) is 2.10. The van der Waals surface area contributed by atoms with E-state index in [4.69, 9.17) is 5.73 Å². The molecule has 0 unspecified atom stereocenters. The number of aryl methyl sites for hydroxylation is 3. The molecular weight excluding hydrogens is 238 g/mol. The Labute approximate surface area is 112 Å². The SMILES string of the molecule is Cc1cc(N)cc(C)c1NC(=O)c1cccnc1C. The van der Waals surface area contributed by atoms with Crippen LogP contribution in [0.1, 0.15) is 27.2 Å². The second-order valence-electron chi connectivity index (χ2n) is 4.62. The minimum atomic E-state index is -0.151. The number of aromatic nitrogens is 1. The zero-order valence-electron chi connectivity index (χ0n) is 11.3. The fourth-order valence-electron chi connectivity index (χ4n) is 2.10. The van der Waals surface area contributed by atoms with Gasteiger partial charge in [0.2, 0.25) is 0 Å². The highest BCUT2D eigenvalue weighted by Crippen LogP contribution is 2.24. The topological polar surface area (TPSA) is 68.0 Å². The Balaban J connectivity index is 2.32. The van der Waals surface area contributed by atoms with Crippen LogP contribution in [-0.4, -0.2) is 10.9 Å². The molecule has 0 fully saturated rings. The Hall–Kier alpha value is -2.36. The summed E-state index contributed by atoms with van der Waals surface area (Å²) >= 11 is 0. The quantitative estimate of drug-likeness (QED) is 0.811. The maximum absolute atomic E-state index is 12.2. The number of nitrogens with zero attached hydrogens (tertiary/aromatic N) is 1. The van der Waals surface area contributed by atoms with Crippen molar-refractivity contribution in [3.63, 3.8) is 0 Å². The second kappa shape index (κ2) is 5.10. The summed E-state index contributed by atoms with van der Waals surface area (Å²) in [5, 5.41) is 2.93. The van der Waals surface area contributed by atoms with Crippen molar-refractivity contribution in [2.45, 2.75) is 20.8 Å². The van der Waals surface area contributed by atoms with Crippen molar-refractivity contribution in [2.24, 2.45) is 0 Å². The van der Waals surface area contributed by atoms with Crippen LogP contribution in [0.4, 0.5) is 11.4 Å². The molecule has 4 nitrogen and oxygen atoms in total. The molecule has 0 aliphatic heterocycles. The van der Waals surface area contributed by atoms with E-state index in [1.165, 1.54) is 0 Å². The number of rotatable bonds is 2. The number of hydrogen-bond acceptors (Lipinski definition) is 3. The summed E-state index contributed by atoms with van der Waals surface area (Å²) in [4.78, 5) is 16.4. The van der Waals surface area contributed by atoms with Crippen molar-refractivity contribution in [3.05, 3.63) is 52.8 Å². The molecule has 1 amide bonds. The minimum Gasteiger partial charge on any atom is -0.399 e. The lowest BCUT2D eigenvalue weighted by Crippen LogP contribution is -2.15. The Bertz CT molecular complexity index is 612. The zero-order chi connectivity index (χ0) is 14.0. The molecule has 1 aromatic carbocycles. The van der Waals surface area contributed by atoms with Crippen LogP contribution in [0.2, 0.25) is 0 Å². The molecule has 0 aliphatic rings. The van der Waals surface area contributed by atoms with Crippen LogP contribution in [0.25, 0.3) is 0 Å². The van der Waals surface area contributed by atoms with Gasteiger partial charge in [0.25, 0.3) is 5.91 Å².